The molecule has 0 heterocycles. The highest BCUT2D eigenvalue weighted by molar-refractivity contribution is 6.39. The Morgan fingerprint density at radius 1 is 1.00 bits per heavy atom. The first kappa shape index (κ1) is 18.2. The topological polar surface area (TPSA) is 90.8 Å². The Morgan fingerprint density at radius 3 is 2.16 bits per heavy atom. The molecule has 0 fully saturated rings. The van der Waals surface area contributed by atoms with Crippen molar-refractivity contribution in [3.8, 4) is 5.75 Å². The predicted octanol–water partition coefficient (Wildman–Crippen LogP) is 2.61. The molecule has 6 nitrogen and oxygen atoms in total. The van der Waals surface area contributed by atoms with Crippen LogP contribution in [0.3, 0.4) is 0 Å². The molecule has 0 radical (unpaired) electrons. The van der Waals surface area contributed by atoms with Crippen molar-refractivity contribution < 1.29 is 14.7 Å². The van der Waals surface area contributed by atoms with E-state index >= 15 is 0 Å². The Morgan fingerprint density at radius 2 is 1.60 bits per heavy atom. The minimum atomic E-state index is -0.844. The second-order valence-corrected chi connectivity index (χ2v) is 5.40. The van der Waals surface area contributed by atoms with Crippen LogP contribution in [0.5, 0.6) is 5.75 Å². The maximum Gasteiger partial charge on any atom is 0.329 e. The summed E-state index contributed by atoms with van der Waals surface area (Å²) in [5.41, 5.74) is 5.53. The average molecular weight is 339 g/mol. The molecule has 0 aliphatic heterocycles. The summed E-state index contributed by atoms with van der Waals surface area (Å²) in [6.07, 6.45) is 2.90. The highest BCUT2D eigenvalue weighted by atomic mass is 16.3. The fraction of sp³-hybridized carbons (Fsp3) is 0.211. The lowest BCUT2D eigenvalue weighted by atomic mass is 10.0. The number of hydrazone groups is 1. The van der Waals surface area contributed by atoms with Gasteiger partial charge in [0.2, 0.25) is 0 Å². The highest BCUT2D eigenvalue weighted by Crippen LogP contribution is 2.22. The quantitative estimate of drug-likeness (QED) is 0.444. The van der Waals surface area contributed by atoms with Crippen LogP contribution in [0.1, 0.15) is 30.5 Å². The van der Waals surface area contributed by atoms with Crippen molar-refractivity contribution in [2.45, 2.75) is 26.7 Å². The van der Waals surface area contributed by atoms with Gasteiger partial charge in [-0.1, -0.05) is 32.0 Å². The lowest BCUT2D eigenvalue weighted by Crippen LogP contribution is -2.33. The Bertz CT molecular complexity index is 761. The Hall–Kier alpha value is -3.15. The van der Waals surface area contributed by atoms with Gasteiger partial charge in [0, 0.05) is 5.69 Å². The minimum Gasteiger partial charge on any atom is -0.508 e. The first-order valence-electron chi connectivity index (χ1n) is 8.09. The summed E-state index contributed by atoms with van der Waals surface area (Å²) in [6, 6.07) is 12.1. The smallest absolute Gasteiger partial charge is 0.329 e. The first-order chi connectivity index (χ1) is 12.0. The van der Waals surface area contributed by atoms with Gasteiger partial charge in [-0.3, -0.25) is 9.59 Å². The molecule has 130 valence electrons. The molecule has 0 saturated heterocycles. The minimum absolute atomic E-state index is 0.141. The number of hydrogen-bond donors (Lipinski definition) is 3. The van der Waals surface area contributed by atoms with Crippen molar-refractivity contribution in [2.24, 2.45) is 5.10 Å². The van der Waals surface area contributed by atoms with Crippen molar-refractivity contribution in [2.75, 3.05) is 5.32 Å². The number of nitrogens with one attached hydrogen (secondary N) is 2. The number of phenolic OH excluding ortho intramolecular Hbond substituents is 1. The van der Waals surface area contributed by atoms with E-state index in [1.807, 2.05) is 32.0 Å². The van der Waals surface area contributed by atoms with E-state index in [4.69, 9.17) is 0 Å². The monoisotopic (exact) mass is 339 g/mol. The van der Waals surface area contributed by atoms with Crippen molar-refractivity contribution in [3.63, 3.8) is 0 Å². The molecule has 2 aromatic rings. The molecule has 0 saturated carbocycles. The highest BCUT2D eigenvalue weighted by Gasteiger charge is 2.16. The molecule has 2 amide bonds. The van der Waals surface area contributed by atoms with Gasteiger partial charge in [-0.05, 0) is 53.8 Å². The van der Waals surface area contributed by atoms with Gasteiger partial charge in [-0.25, -0.2) is 5.43 Å². The number of phenols is 1. The molecular weight excluding hydrogens is 318 g/mol. The maximum absolute atomic E-state index is 12.1. The van der Waals surface area contributed by atoms with E-state index in [1.54, 1.807) is 12.1 Å². The molecule has 0 unspecified atom stereocenters. The summed E-state index contributed by atoms with van der Waals surface area (Å²) in [7, 11) is 0. The van der Waals surface area contributed by atoms with Crippen LogP contribution in [-0.2, 0) is 22.4 Å². The number of carbonyl (C=O) groups is 2. The van der Waals surface area contributed by atoms with Crippen LogP contribution >= 0.6 is 0 Å². The van der Waals surface area contributed by atoms with E-state index in [-0.39, 0.29) is 5.75 Å². The summed E-state index contributed by atoms with van der Waals surface area (Å²) < 4.78 is 0. The number of hydrogen-bond acceptors (Lipinski definition) is 4. The number of benzene rings is 2. The molecule has 3 N–H and O–H groups in total. The number of aryl methyl sites for hydroxylation is 2. The van der Waals surface area contributed by atoms with E-state index in [2.05, 4.69) is 15.8 Å². The number of anilines is 1. The van der Waals surface area contributed by atoms with E-state index in [0.29, 0.717) is 11.3 Å². The van der Waals surface area contributed by atoms with Gasteiger partial charge >= 0.3 is 11.8 Å². The van der Waals surface area contributed by atoms with E-state index < -0.39 is 11.8 Å². The van der Waals surface area contributed by atoms with Crippen LogP contribution in [0.2, 0.25) is 0 Å². The first-order valence-corrected chi connectivity index (χ1v) is 8.09. The number of nitrogens with zero attached hydrogens (tertiary/aromatic N) is 1. The third-order valence-corrected chi connectivity index (χ3v) is 3.72. The largest absolute Gasteiger partial charge is 0.508 e. The molecule has 0 aliphatic carbocycles. The van der Waals surface area contributed by atoms with Gasteiger partial charge in [-0.2, -0.15) is 5.10 Å². The van der Waals surface area contributed by atoms with Gasteiger partial charge in [0.15, 0.2) is 0 Å². The van der Waals surface area contributed by atoms with Gasteiger partial charge in [0.05, 0.1) is 6.21 Å². The van der Waals surface area contributed by atoms with Crippen molar-refractivity contribution in [1.82, 2.24) is 5.43 Å². The van der Waals surface area contributed by atoms with E-state index in [0.717, 1.165) is 24.0 Å². The molecule has 0 atom stereocenters. The zero-order valence-corrected chi connectivity index (χ0v) is 14.2. The van der Waals surface area contributed by atoms with Gasteiger partial charge in [0.25, 0.3) is 0 Å². The van der Waals surface area contributed by atoms with E-state index in [9.17, 15) is 14.7 Å². The Kier molecular flexibility index (Phi) is 6.28. The fourth-order valence-electron chi connectivity index (χ4n) is 2.35. The zero-order valence-electron chi connectivity index (χ0n) is 14.2. The molecule has 2 aromatic carbocycles. The molecule has 0 spiro atoms. The Labute approximate surface area is 146 Å². The lowest BCUT2D eigenvalue weighted by Gasteiger charge is -2.13. The van der Waals surface area contributed by atoms with Crippen LogP contribution < -0.4 is 10.7 Å². The fourth-order valence-corrected chi connectivity index (χ4v) is 2.35. The molecule has 6 heteroatoms. The molecular formula is C19H21N3O3. The third-order valence-electron chi connectivity index (χ3n) is 3.72. The molecule has 25 heavy (non-hydrogen) atoms. The van der Waals surface area contributed by atoms with Crippen molar-refractivity contribution >= 4 is 23.7 Å². The third kappa shape index (κ3) is 4.91. The predicted molar refractivity (Wildman–Crippen MR) is 97.7 cm³/mol. The molecule has 0 bridgehead atoms. The average Bonchev–Trinajstić information content (AvgIpc) is 2.63. The Balaban J connectivity index is 2.01. The van der Waals surface area contributed by atoms with Crippen LogP contribution in [-0.4, -0.2) is 23.1 Å². The second-order valence-electron chi connectivity index (χ2n) is 5.40. The van der Waals surface area contributed by atoms with E-state index in [1.165, 1.54) is 18.3 Å². The van der Waals surface area contributed by atoms with Crippen LogP contribution in [0.15, 0.2) is 47.6 Å². The molecule has 0 aliphatic rings. The van der Waals surface area contributed by atoms with Gasteiger partial charge < -0.3 is 10.4 Å². The summed E-state index contributed by atoms with van der Waals surface area (Å²) >= 11 is 0. The number of para-hydroxylation sites is 1. The van der Waals surface area contributed by atoms with Crippen LogP contribution in [0.4, 0.5) is 5.69 Å². The summed E-state index contributed by atoms with van der Waals surface area (Å²) in [5, 5.41) is 15.6. The number of carbonyl (C=O) groups excluding carboxylic acids is 2. The lowest BCUT2D eigenvalue weighted by molar-refractivity contribution is -0.136. The van der Waals surface area contributed by atoms with Gasteiger partial charge in [-0.15, -0.1) is 0 Å². The number of rotatable bonds is 5. The normalized spacial score (nSPS) is 10.6. The zero-order chi connectivity index (χ0) is 18.2. The summed E-state index contributed by atoms with van der Waals surface area (Å²) in [6.45, 7) is 3.99. The van der Waals surface area contributed by atoms with Crippen LogP contribution in [0.25, 0.3) is 0 Å². The van der Waals surface area contributed by atoms with Crippen LogP contribution in [0, 0.1) is 0 Å². The molecule has 0 aromatic heterocycles. The SMILES string of the molecule is CCc1cccc(CC)c1NC(=O)C(=O)N/N=C/c1ccc(O)cc1. The standard InChI is InChI=1S/C19H21N3O3/c1-3-14-6-5-7-15(4-2)17(14)21-18(24)19(25)22-20-12-13-8-10-16(23)11-9-13/h5-12,23H,3-4H2,1-2H3,(H,21,24)(H,22,25)/b20-12+. The van der Waals surface area contributed by atoms with Crippen molar-refractivity contribution in [3.05, 3.63) is 59.2 Å². The summed E-state index contributed by atoms with van der Waals surface area (Å²) in [4.78, 5) is 24.0. The number of aromatic hydroxyl groups is 1. The molecule has 2 rings (SSSR count). The second kappa shape index (κ2) is 8.63. The van der Waals surface area contributed by atoms with Crippen molar-refractivity contribution in [1.29, 1.82) is 0 Å². The maximum atomic E-state index is 12.1. The summed E-state index contributed by atoms with van der Waals surface area (Å²) in [5.74, 6) is -1.47. The number of amides is 2. The van der Waals surface area contributed by atoms with Gasteiger partial charge in [0.1, 0.15) is 5.75 Å².